The van der Waals surface area contributed by atoms with Gasteiger partial charge in [-0.2, -0.15) is 4.31 Å². The van der Waals surface area contributed by atoms with Crippen molar-refractivity contribution in [3.05, 3.63) is 102 Å². The molecule has 5 aromatic rings. The number of nitrogens with zero attached hydrogens (tertiary/aromatic N) is 2. The number of rotatable bonds is 14. The van der Waals surface area contributed by atoms with Crippen LogP contribution in [-0.4, -0.2) is 76.1 Å². The number of fused-ring (bicyclic) bond motifs is 2. The first kappa shape index (κ1) is 31.1. The molecule has 1 aromatic heterocycles. The van der Waals surface area contributed by atoms with Crippen molar-refractivity contribution < 1.29 is 27.4 Å². The van der Waals surface area contributed by atoms with E-state index in [-0.39, 0.29) is 37.0 Å². The maximum absolute atomic E-state index is 14.0. The summed E-state index contributed by atoms with van der Waals surface area (Å²) in [5.41, 5.74) is 2.92. The lowest BCUT2D eigenvalue weighted by Crippen LogP contribution is -2.44. The van der Waals surface area contributed by atoms with Crippen LogP contribution in [0.25, 0.3) is 21.7 Å². The van der Waals surface area contributed by atoms with Crippen LogP contribution in [0.2, 0.25) is 0 Å². The zero-order valence-corrected chi connectivity index (χ0v) is 26.0. The van der Waals surface area contributed by atoms with E-state index >= 15 is 0 Å². The Hall–Kier alpha value is -4.38. The van der Waals surface area contributed by atoms with Crippen LogP contribution in [-0.2, 0) is 32.5 Å². The fraction of sp³-hybridized carbons (Fsp3) is 0.265. The number of carbonyl (C=O) groups is 1. The molecule has 0 radical (unpaired) electrons. The van der Waals surface area contributed by atoms with Crippen molar-refractivity contribution in [2.24, 2.45) is 0 Å². The SMILES string of the molecule is COCCN(CC(=O)N(CCc1c[nH]c2ccccc12)Cc1ccc(OC)c(OC)c1)S(=O)(=O)c1ccc2ccccc2c1. The van der Waals surface area contributed by atoms with Gasteiger partial charge in [0.25, 0.3) is 0 Å². The third-order valence-corrected chi connectivity index (χ3v) is 9.56. The average molecular weight is 616 g/mol. The fourth-order valence-electron chi connectivity index (χ4n) is 5.29. The zero-order chi connectivity index (χ0) is 31.1. The van der Waals surface area contributed by atoms with Gasteiger partial charge in [-0.1, -0.05) is 54.6 Å². The monoisotopic (exact) mass is 615 g/mol. The van der Waals surface area contributed by atoms with Crippen LogP contribution < -0.4 is 9.47 Å². The number of nitrogens with one attached hydrogen (secondary N) is 1. The van der Waals surface area contributed by atoms with Crippen LogP contribution in [0.15, 0.2) is 96.0 Å². The molecule has 10 heteroatoms. The summed E-state index contributed by atoms with van der Waals surface area (Å²) in [5, 5.41) is 2.83. The number of sulfonamides is 1. The Morgan fingerprint density at radius 1 is 0.818 bits per heavy atom. The van der Waals surface area contributed by atoms with Crippen molar-refractivity contribution in [3.8, 4) is 11.5 Å². The van der Waals surface area contributed by atoms with E-state index in [9.17, 15) is 13.2 Å². The van der Waals surface area contributed by atoms with Gasteiger partial charge in [0.05, 0.1) is 32.3 Å². The second-order valence-corrected chi connectivity index (χ2v) is 12.4. The molecule has 0 saturated heterocycles. The van der Waals surface area contributed by atoms with Gasteiger partial charge in [-0.3, -0.25) is 4.79 Å². The van der Waals surface area contributed by atoms with Crippen molar-refractivity contribution >= 4 is 37.6 Å². The predicted octanol–water partition coefficient (Wildman–Crippen LogP) is 5.25. The highest BCUT2D eigenvalue weighted by Gasteiger charge is 2.29. The molecule has 1 N–H and O–H groups in total. The largest absolute Gasteiger partial charge is 0.493 e. The zero-order valence-electron chi connectivity index (χ0n) is 25.2. The molecule has 0 atom stereocenters. The van der Waals surface area contributed by atoms with E-state index in [1.54, 1.807) is 43.4 Å². The van der Waals surface area contributed by atoms with Gasteiger partial charge < -0.3 is 24.1 Å². The summed E-state index contributed by atoms with van der Waals surface area (Å²) < 4.78 is 45.1. The van der Waals surface area contributed by atoms with Gasteiger partial charge in [-0.25, -0.2) is 8.42 Å². The van der Waals surface area contributed by atoms with Crippen LogP contribution in [0.5, 0.6) is 11.5 Å². The van der Waals surface area contributed by atoms with Gasteiger partial charge in [-0.15, -0.1) is 0 Å². The highest BCUT2D eigenvalue weighted by molar-refractivity contribution is 7.89. The fourth-order valence-corrected chi connectivity index (χ4v) is 6.70. The van der Waals surface area contributed by atoms with E-state index in [2.05, 4.69) is 4.98 Å². The predicted molar refractivity (Wildman–Crippen MR) is 172 cm³/mol. The van der Waals surface area contributed by atoms with Gasteiger partial charge in [0.1, 0.15) is 0 Å². The lowest BCUT2D eigenvalue weighted by molar-refractivity contribution is -0.132. The topological polar surface area (TPSA) is 101 Å². The number of aromatic nitrogens is 1. The number of amides is 1. The standard InChI is InChI=1S/C34H37N3O6S/c1-41-19-18-37(44(39,40)29-14-13-26-8-4-5-9-27(26)21-29)24-34(38)36(23-25-12-15-32(42-2)33(20-25)43-3)17-16-28-22-35-31-11-7-6-10-30(28)31/h4-15,20-22,35H,16-19,23-24H2,1-3H3. The van der Waals surface area contributed by atoms with Gasteiger partial charge in [0, 0.05) is 43.8 Å². The number of methoxy groups -OCH3 is 3. The van der Waals surface area contributed by atoms with Gasteiger partial charge in [-0.05, 0) is 58.7 Å². The molecular formula is C34H37N3O6S. The molecule has 9 nitrogen and oxygen atoms in total. The molecule has 0 fully saturated rings. The number of ether oxygens (including phenoxy) is 3. The molecule has 1 heterocycles. The molecule has 0 aliphatic heterocycles. The molecule has 5 rings (SSSR count). The highest BCUT2D eigenvalue weighted by atomic mass is 32.2. The number of carbonyl (C=O) groups excluding carboxylic acids is 1. The summed E-state index contributed by atoms with van der Waals surface area (Å²) in [4.78, 5) is 19.1. The molecule has 44 heavy (non-hydrogen) atoms. The number of para-hydroxylation sites is 1. The number of benzene rings is 4. The lowest BCUT2D eigenvalue weighted by Gasteiger charge is -2.28. The van der Waals surface area contributed by atoms with E-state index in [1.165, 1.54) is 11.4 Å². The van der Waals surface area contributed by atoms with E-state index in [1.807, 2.05) is 66.9 Å². The van der Waals surface area contributed by atoms with Gasteiger partial charge in [0.2, 0.25) is 15.9 Å². The van der Waals surface area contributed by atoms with Crippen molar-refractivity contribution in [2.45, 2.75) is 17.9 Å². The van der Waals surface area contributed by atoms with E-state index in [0.717, 1.165) is 32.8 Å². The molecule has 0 spiro atoms. The summed E-state index contributed by atoms with van der Waals surface area (Å²) in [5.74, 6) is 0.815. The molecule has 1 amide bonds. The average Bonchev–Trinajstić information content (AvgIpc) is 3.47. The Bertz CT molecular complexity index is 1850. The summed E-state index contributed by atoms with van der Waals surface area (Å²) in [6, 6.07) is 26.1. The Morgan fingerprint density at radius 3 is 2.34 bits per heavy atom. The van der Waals surface area contributed by atoms with E-state index in [4.69, 9.17) is 14.2 Å². The molecule has 230 valence electrons. The molecular weight excluding hydrogens is 578 g/mol. The second kappa shape index (κ2) is 13.9. The Labute approximate surface area is 258 Å². The minimum atomic E-state index is -4.01. The van der Waals surface area contributed by atoms with Crippen LogP contribution >= 0.6 is 0 Å². The first-order valence-corrected chi connectivity index (χ1v) is 15.8. The van der Waals surface area contributed by atoms with Gasteiger partial charge >= 0.3 is 0 Å². The molecule has 4 aromatic carbocycles. The Morgan fingerprint density at radius 2 is 1.57 bits per heavy atom. The Kier molecular flexibility index (Phi) is 9.84. The molecule has 0 aliphatic carbocycles. The van der Waals surface area contributed by atoms with Crippen molar-refractivity contribution in [2.75, 3.05) is 47.6 Å². The quantitative estimate of drug-likeness (QED) is 0.183. The van der Waals surface area contributed by atoms with Crippen LogP contribution in [0, 0.1) is 0 Å². The first-order chi connectivity index (χ1) is 21.3. The summed E-state index contributed by atoms with van der Waals surface area (Å²) in [7, 11) is 0.630. The maximum atomic E-state index is 14.0. The van der Waals surface area contributed by atoms with Crippen molar-refractivity contribution in [3.63, 3.8) is 0 Å². The van der Waals surface area contributed by atoms with Gasteiger partial charge in [0.15, 0.2) is 11.5 Å². The molecule has 0 saturated carbocycles. The molecule has 0 aliphatic rings. The minimum Gasteiger partial charge on any atom is -0.493 e. The second-order valence-electron chi connectivity index (χ2n) is 10.5. The number of hydrogen-bond acceptors (Lipinski definition) is 6. The summed E-state index contributed by atoms with van der Waals surface area (Å²) in [6.07, 6.45) is 2.54. The normalized spacial score (nSPS) is 11.7. The highest BCUT2D eigenvalue weighted by Crippen LogP contribution is 2.29. The lowest BCUT2D eigenvalue weighted by atomic mass is 10.1. The summed E-state index contributed by atoms with van der Waals surface area (Å²) in [6.45, 7) is 0.480. The third kappa shape index (κ3) is 6.88. The van der Waals surface area contributed by atoms with Crippen molar-refractivity contribution in [1.82, 2.24) is 14.2 Å². The van der Waals surface area contributed by atoms with E-state index < -0.39 is 10.0 Å². The van der Waals surface area contributed by atoms with Crippen molar-refractivity contribution in [1.29, 1.82) is 0 Å². The number of hydrogen-bond donors (Lipinski definition) is 1. The maximum Gasteiger partial charge on any atom is 0.243 e. The van der Waals surface area contributed by atoms with E-state index in [0.29, 0.717) is 24.5 Å². The molecule has 0 unspecified atom stereocenters. The van der Waals surface area contributed by atoms with Crippen LogP contribution in [0.4, 0.5) is 0 Å². The third-order valence-electron chi connectivity index (χ3n) is 7.72. The first-order valence-electron chi connectivity index (χ1n) is 14.4. The minimum absolute atomic E-state index is 0.0318. The molecule has 0 bridgehead atoms. The van der Waals surface area contributed by atoms with Crippen LogP contribution in [0.1, 0.15) is 11.1 Å². The number of aromatic amines is 1. The number of H-pyrrole nitrogens is 1. The Balaban J connectivity index is 1.43. The smallest absolute Gasteiger partial charge is 0.243 e. The van der Waals surface area contributed by atoms with Crippen LogP contribution in [0.3, 0.4) is 0 Å². The summed E-state index contributed by atoms with van der Waals surface area (Å²) >= 11 is 0.